The van der Waals surface area contributed by atoms with Gasteiger partial charge >= 0.3 is 6.09 Å². The fraction of sp³-hybridized carbons (Fsp3) is 0.240. The number of cyclic esters (lactones) is 1. The summed E-state index contributed by atoms with van der Waals surface area (Å²) in [5.41, 5.74) is 0.910. The van der Waals surface area contributed by atoms with Gasteiger partial charge in [0.05, 0.1) is 12.7 Å². The second-order valence-corrected chi connectivity index (χ2v) is 7.84. The van der Waals surface area contributed by atoms with Crippen molar-refractivity contribution in [1.82, 2.24) is 0 Å². The normalized spacial score (nSPS) is 19.5. The lowest BCUT2D eigenvalue weighted by molar-refractivity contribution is -0.0536. The van der Waals surface area contributed by atoms with Crippen LogP contribution in [0.5, 0.6) is 0 Å². The van der Waals surface area contributed by atoms with Crippen molar-refractivity contribution in [3.8, 4) is 11.1 Å². The zero-order valence-corrected chi connectivity index (χ0v) is 17.2. The number of hydrogen-bond donors (Lipinski definition) is 2. The summed E-state index contributed by atoms with van der Waals surface area (Å²) in [4.78, 5) is 14.5. The molecule has 2 atom stereocenters. The summed E-state index contributed by atoms with van der Waals surface area (Å²) in [5, 5.41) is 19.4. The number of amides is 1. The van der Waals surface area contributed by atoms with Crippen LogP contribution in [0.25, 0.3) is 11.1 Å². The van der Waals surface area contributed by atoms with Crippen LogP contribution in [-0.2, 0) is 10.3 Å². The Morgan fingerprint density at radius 2 is 1.81 bits per heavy atom. The molecular formula is C25H23F2NO4. The predicted octanol–water partition coefficient (Wildman–Crippen LogP) is 4.62. The van der Waals surface area contributed by atoms with Crippen LogP contribution in [0.1, 0.15) is 18.4 Å². The molecule has 32 heavy (non-hydrogen) atoms. The molecule has 1 aliphatic heterocycles. The second-order valence-electron chi connectivity index (χ2n) is 7.84. The van der Waals surface area contributed by atoms with Crippen molar-refractivity contribution in [3.05, 3.63) is 90.0 Å². The molecule has 0 bridgehead atoms. The fourth-order valence-electron chi connectivity index (χ4n) is 4.11. The maximum atomic E-state index is 14.2. The number of rotatable bonds is 6. The lowest BCUT2D eigenvalue weighted by Crippen LogP contribution is -2.49. The molecule has 2 unspecified atom stereocenters. The summed E-state index contributed by atoms with van der Waals surface area (Å²) in [6, 6.07) is 19.2. The summed E-state index contributed by atoms with van der Waals surface area (Å²) in [6.07, 6.45) is -1.20. The van der Waals surface area contributed by atoms with E-state index in [-0.39, 0.29) is 12.0 Å². The van der Waals surface area contributed by atoms with Crippen molar-refractivity contribution in [2.75, 3.05) is 18.1 Å². The van der Waals surface area contributed by atoms with Crippen molar-refractivity contribution >= 4 is 11.8 Å². The van der Waals surface area contributed by atoms with Gasteiger partial charge in [-0.25, -0.2) is 13.6 Å². The molecule has 1 heterocycles. The minimum atomic E-state index is -1.07. The Labute approximate surface area is 184 Å². The highest BCUT2D eigenvalue weighted by atomic mass is 19.1. The van der Waals surface area contributed by atoms with E-state index in [4.69, 9.17) is 4.74 Å². The number of anilines is 1. The van der Waals surface area contributed by atoms with Gasteiger partial charge in [-0.2, -0.15) is 0 Å². The van der Waals surface area contributed by atoms with Gasteiger partial charge in [0, 0.05) is 36.7 Å². The molecule has 1 saturated heterocycles. The van der Waals surface area contributed by atoms with Gasteiger partial charge in [0.1, 0.15) is 17.2 Å². The maximum Gasteiger partial charge on any atom is 0.415 e. The number of aliphatic hydroxyl groups is 2. The van der Waals surface area contributed by atoms with Crippen LogP contribution in [0.3, 0.4) is 0 Å². The Morgan fingerprint density at radius 1 is 1.03 bits per heavy atom. The van der Waals surface area contributed by atoms with Crippen LogP contribution in [0.15, 0.2) is 72.8 Å². The number of hydrogen-bond acceptors (Lipinski definition) is 4. The number of nitrogens with zero attached hydrogens (tertiary/aromatic N) is 1. The lowest BCUT2D eigenvalue weighted by atomic mass is 9.84. The molecule has 0 saturated carbocycles. The Bertz CT molecular complexity index is 1110. The van der Waals surface area contributed by atoms with E-state index in [2.05, 4.69) is 0 Å². The molecule has 1 amide bonds. The third-order valence-electron chi connectivity index (χ3n) is 5.72. The number of benzene rings is 3. The predicted molar refractivity (Wildman–Crippen MR) is 116 cm³/mol. The quantitative estimate of drug-likeness (QED) is 0.588. The number of ether oxygens (including phenoxy) is 1. The van der Waals surface area contributed by atoms with Crippen LogP contribution in [0.4, 0.5) is 19.3 Å². The Kier molecular flexibility index (Phi) is 6.21. The highest BCUT2D eigenvalue weighted by Crippen LogP contribution is 2.40. The molecule has 3 aromatic carbocycles. The third kappa shape index (κ3) is 4.35. The molecular weight excluding hydrogens is 416 g/mol. The summed E-state index contributed by atoms with van der Waals surface area (Å²) in [5.74, 6) is -1.35. The number of carbonyl (C=O) groups is 1. The van der Waals surface area contributed by atoms with E-state index in [1.165, 1.54) is 17.0 Å². The van der Waals surface area contributed by atoms with E-state index in [9.17, 15) is 23.8 Å². The second kappa shape index (κ2) is 9.06. The minimum Gasteiger partial charge on any atom is -0.437 e. The average molecular weight is 439 g/mol. The first-order chi connectivity index (χ1) is 15.4. The fourth-order valence-corrected chi connectivity index (χ4v) is 4.11. The van der Waals surface area contributed by atoms with Crippen LogP contribution in [0.2, 0.25) is 0 Å². The molecule has 0 radical (unpaired) electrons. The topological polar surface area (TPSA) is 70.0 Å². The highest BCUT2D eigenvalue weighted by Gasteiger charge is 2.44. The molecule has 166 valence electrons. The minimum absolute atomic E-state index is 0.0634. The molecule has 2 N–H and O–H groups in total. The largest absolute Gasteiger partial charge is 0.437 e. The molecule has 5 nitrogen and oxygen atoms in total. The maximum absolute atomic E-state index is 14.2. The Morgan fingerprint density at radius 3 is 2.50 bits per heavy atom. The van der Waals surface area contributed by atoms with E-state index in [1.54, 1.807) is 24.3 Å². The zero-order valence-electron chi connectivity index (χ0n) is 17.2. The van der Waals surface area contributed by atoms with Crippen LogP contribution < -0.4 is 4.90 Å². The first-order valence-electron chi connectivity index (χ1n) is 10.3. The van der Waals surface area contributed by atoms with Crippen molar-refractivity contribution in [2.45, 2.75) is 24.5 Å². The van der Waals surface area contributed by atoms with E-state index in [0.29, 0.717) is 24.2 Å². The van der Waals surface area contributed by atoms with E-state index in [1.807, 2.05) is 30.3 Å². The van der Waals surface area contributed by atoms with E-state index < -0.39 is 36.0 Å². The first kappa shape index (κ1) is 21.9. The van der Waals surface area contributed by atoms with Gasteiger partial charge in [0.15, 0.2) is 0 Å². The van der Waals surface area contributed by atoms with Gasteiger partial charge in [-0.05, 0) is 35.4 Å². The van der Waals surface area contributed by atoms with E-state index in [0.717, 1.165) is 11.6 Å². The van der Waals surface area contributed by atoms with Gasteiger partial charge in [-0.15, -0.1) is 0 Å². The van der Waals surface area contributed by atoms with Gasteiger partial charge in [0.25, 0.3) is 0 Å². The molecule has 0 aromatic heterocycles. The van der Waals surface area contributed by atoms with Gasteiger partial charge in [-0.3, -0.25) is 4.90 Å². The van der Waals surface area contributed by atoms with Crippen molar-refractivity contribution < 1.29 is 28.5 Å². The molecule has 1 fully saturated rings. The van der Waals surface area contributed by atoms with Gasteiger partial charge in [-0.1, -0.05) is 42.5 Å². The lowest BCUT2D eigenvalue weighted by Gasteiger charge is -2.42. The summed E-state index contributed by atoms with van der Waals surface area (Å²) in [7, 11) is 0. The van der Waals surface area contributed by atoms with Gasteiger partial charge < -0.3 is 14.9 Å². The van der Waals surface area contributed by atoms with Crippen molar-refractivity contribution in [2.24, 2.45) is 0 Å². The smallest absolute Gasteiger partial charge is 0.415 e. The molecule has 3 aromatic rings. The Hall–Kier alpha value is -3.29. The van der Waals surface area contributed by atoms with Gasteiger partial charge in [0.2, 0.25) is 0 Å². The average Bonchev–Trinajstić information content (AvgIpc) is 2.80. The first-order valence-corrected chi connectivity index (χ1v) is 10.3. The Balaban J connectivity index is 1.62. The molecule has 0 spiro atoms. The highest BCUT2D eigenvalue weighted by molar-refractivity contribution is 5.90. The monoisotopic (exact) mass is 439 g/mol. The number of halogens is 2. The number of carbonyl (C=O) groups excluding carboxylic acids is 1. The van der Waals surface area contributed by atoms with E-state index >= 15 is 0 Å². The third-order valence-corrected chi connectivity index (χ3v) is 5.72. The zero-order chi connectivity index (χ0) is 22.7. The standard InChI is InChI=1S/C25H23F2NO4/c26-19-9-10-22(23(27)14-19)17-5-4-8-20(13-17)28-12-11-25(32-24(28)31,15-21(30)16-29)18-6-2-1-3-7-18/h1-10,13-14,21,29-30H,11-12,15-16H2. The molecule has 7 heteroatoms. The molecule has 4 rings (SSSR count). The SMILES string of the molecule is O=C1OC(CC(O)CO)(c2ccccc2)CCN1c1cccc(-c2ccc(F)cc2F)c1. The van der Waals surface area contributed by atoms with Crippen molar-refractivity contribution in [3.63, 3.8) is 0 Å². The van der Waals surface area contributed by atoms with Crippen LogP contribution in [-0.4, -0.2) is 35.6 Å². The number of aliphatic hydroxyl groups excluding tert-OH is 2. The molecule has 1 aliphatic rings. The summed E-state index contributed by atoms with van der Waals surface area (Å²) >= 11 is 0. The molecule has 0 aliphatic carbocycles. The van der Waals surface area contributed by atoms with Crippen LogP contribution in [0, 0.1) is 11.6 Å². The van der Waals surface area contributed by atoms with Crippen molar-refractivity contribution in [1.29, 1.82) is 0 Å². The summed E-state index contributed by atoms with van der Waals surface area (Å²) in [6.45, 7) is -0.150. The van der Waals surface area contributed by atoms with Crippen LogP contribution >= 0.6 is 0 Å². The summed E-state index contributed by atoms with van der Waals surface area (Å²) < 4.78 is 33.4.